The maximum absolute atomic E-state index is 11.6. The maximum Gasteiger partial charge on any atom is 0.340 e. The number of nitrogens with one attached hydrogen (secondary N) is 1. The van der Waals surface area contributed by atoms with Gasteiger partial charge < -0.3 is 15.8 Å². The summed E-state index contributed by atoms with van der Waals surface area (Å²) in [5, 5.41) is 7.39. The molecule has 5 nitrogen and oxygen atoms in total. The number of nitrogen functional groups attached to an aromatic ring is 1. The Labute approximate surface area is 121 Å². The molecule has 0 aliphatic rings. The molecule has 0 spiro atoms. The largest absolute Gasteiger partial charge is 0.465 e. The van der Waals surface area contributed by atoms with E-state index in [-0.39, 0.29) is 6.04 Å². The minimum Gasteiger partial charge on any atom is -0.465 e. The summed E-state index contributed by atoms with van der Waals surface area (Å²) in [5.74, 6) is 0.0501. The summed E-state index contributed by atoms with van der Waals surface area (Å²) < 4.78 is 4.69. The smallest absolute Gasteiger partial charge is 0.340 e. The number of nitrogens with zero attached hydrogens (tertiary/aromatic N) is 1. The molecule has 0 saturated carbocycles. The lowest BCUT2D eigenvalue weighted by Gasteiger charge is -2.16. The second-order valence-corrected chi connectivity index (χ2v) is 5.27. The molecule has 2 rings (SSSR count). The summed E-state index contributed by atoms with van der Waals surface area (Å²) in [4.78, 5) is 15.8. The van der Waals surface area contributed by atoms with Crippen LogP contribution in [-0.2, 0) is 11.2 Å². The molecule has 2 aromatic rings. The molecule has 0 radical (unpaired) electrons. The Morgan fingerprint density at radius 3 is 3.00 bits per heavy atom. The third-order valence-electron chi connectivity index (χ3n) is 2.90. The van der Waals surface area contributed by atoms with Crippen molar-refractivity contribution in [2.75, 3.05) is 18.2 Å². The Morgan fingerprint density at radius 1 is 1.55 bits per heavy atom. The summed E-state index contributed by atoms with van der Waals surface area (Å²) in [6.07, 6.45) is 2.41. The van der Waals surface area contributed by atoms with Crippen molar-refractivity contribution < 1.29 is 9.53 Å². The highest BCUT2D eigenvalue weighted by molar-refractivity contribution is 7.07. The molecule has 1 unspecified atom stereocenters. The van der Waals surface area contributed by atoms with Crippen LogP contribution in [0.15, 0.2) is 29.1 Å². The predicted octanol–water partition coefficient (Wildman–Crippen LogP) is 2.55. The van der Waals surface area contributed by atoms with Crippen LogP contribution in [0.3, 0.4) is 0 Å². The second-order valence-electron chi connectivity index (χ2n) is 4.49. The molecule has 0 aliphatic carbocycles. The molecule has 6 heteroatoms. The van der Waals surface area contributed by atoms with Crippen molar-refractivity contribution in [2.45, 2.75) is 19.4 Å². The molecule has 0 aliphatic heterocycles. The molecular formula is C14H17N3O2S. The van der Waals surface area contributed by atoms with Gasteiger partial charge in [-0.2, -0.15) is 11.3 Å². The lowest BCUT2D eigenvalue weighted by atomic mass is 10.1. The van der Waals surface area contributed by atoms with Crippen molar-refractivity contribution in [2.24, 2.45) is 0 Å². The molecule has 3 N–H and O–H groups in total. The SMILES string of the molecule is COC(=O)c1ccnc(NC(C)Cc2ccsc2)c1N. The van der Waals surface area contributed by atoms with Gasteiger partial charge in [-0.3, -0.25) is 0 Å². The van der Waals surface area contributed by atoms with Gasteiger partial charge >= 0.3 is 5.97 Å². The summed E-state index contributed by atoms with van der Waals surface area (Å²) >= 11 is 1.67. The molecule has 0 fully saturated rings. The second kappa shape index (κ2) is 6.38. The Bertz CT molecular complexity index is 584. The van der Waals surface area contributed by atoms with Gasteiger partial charge in [-0.05, 0) is 41.8 Å². The first-order valence-corrected chi connectivity index (χ1v) is 7.16. The first-order chi connectivity index (χ1) is 9.61. The van der Waals surface area contributed by atoms with Crippen molar-refractivity contribution in [3.05, 3.63) is 40.2 Å². The fourth-order valence-electron chi connectivity index (χ4n) is 1.92. The Balaban J connectivity index is 2.11. The molecule has 2 heterocycles. The fourth-order valence-corrected chi connectivity index (χ4v) is 2.60. The Kier molecular flexibility index (Phi) is 4.57. The number of methoxy groups -OCH3 is 1. The van der Waals surface area contributed by atoms with Crippen LogP contribution < -0.4 is 11.1 Å². The summed E-state index contributed by atoms with van der Waals surface area (Å²) in [5.41, 5.74) is 7.86. The Morgan fingerprint density at radius 2 is 2.35 bits per heavy atom. The molecule has 1 atom stereocenters. The van der Waals surface area contributed by atoms with Crippen LogP contribution >= 0.6 is 11.3 Å². The topological polar surface area (TPSA) is 77.2 Å². The third-order valence-corrected chi connectivity index (χ3v) is 3.63. The number of ether oxygens (including phenoxy) is 1. The average Bonchev–Trinajstić information content (AvgIpc) is 2.93. The number of carbonyl (C=O) groups excluding carboxylic acids is 1. The summed E-state index contributed by atoms with van der Waals surface area (Å²) in [6.45, 7) is 2.05. The van der Waals surface area contributed by atoms with Gasteiger partial charge in [0, 0.05) is 12.2 Å². The minimum atomic E-state index is -0.460. The van der Waals surface area contributed by atoms with Gasteiger partial charge in [-0.15, -0.1) is 0 Å². The number of carbonyl (C=O) groups is 1. The van der Waals surface area contributed by atoms with Crippen LogP contribution in [0.4, 0.5) is 11.5 Å². The van der Waals surface area contributed by atoms with E-state index in [0.29, 0.717) is 17.1 Å². The summed E-state index contributed by atoms with van der Waals surface area (Å²) in [7, 11) is 1.33. The summed E-state index contributed by atoms with van der Waals surface area (Å²) in [6, 6.07) is 3.80. The lowest BCUT2D eigenvalue weighted by molar-refractivity contribution is 0.0602. The standard InChI is InChI=1S/C14H17N3O2S/c1-9(7-10-4-6-20-8-10)17-13-12(15)11(3-5-16-13)14(18)19-2/h3-6,8-9H,7,15H2,1-2H3,(H,16,17). The van der Waals surface area contributed by atoms with E-state index in [0.717, 1.165) is 6.42 Å². The van der Waals surface area contributed by atoms with E-state index in [1.807, 2.05) is 12.3 Å². The molecule has 0 saturated heterocycles. The van der Waals surface area contributed by atoms with Crippen molar-refractivity contribution in [1.82, 2.24) is 4.98 Å². The Hall–Kier alpha value is -2.08. The predicted molar refractivity (Wildman–Crippen MR) is 81.1 cm³/mol. The molecule has 0 amide bonds. The van der Waals surface area contributed by atoms with Crippen molar-refractivity contribution in [1.29, 1.82) is 0 Å². The van der Waals surface area contributed by atoms with Crippen molar-refractivity contribution in [3.63, 3.8) is 0 Å². The van der Waals surface area contributed by atoms with E-state index < -0.39 is 5.97 Å². The van der Waals surface area contributed by atoms with Gasteiger partial charge in [0.05, 0.1) is 18.4 Å². The highest BCUT2D eigenvalue weighted by Crippen LogP contribution is 2.22. The first kappa shape index (κ1) is 14.3. The van der Waals surface area contributed by atoms with Crippen LogP contribution in [0.1, 0.15) is 22.8 Å². The number of thiophene rings is 1. The van der Waals surface area contributed by atoms with Crippen LogP contribution in [0.5, 0.6) is 0 Å². The van der Waals surface area contributed by atoms with Crippen molar-refractivity contribution in [3.8, 4) is 0 Å². The van der Waals surface area contributed by atoms with Crippen molar-refractivity contribution >= 4 is 28.8 Å². The monoisotopic (exact) mass is 291 g/mol. The zero-order chi connectivity index (χ0) is 14.5. The van der Waals surface area contributed by atoms with E-state index in [1.54, 1.807) is 23.6 Å². The van der Waals surface area contributed by atoms with Gasteiger partial charge in [0.2, 0.25) is 0 Å². The van der Waals surface area contributed by atoms with Crippen LogP contribution in [0, 0.1) is 0 Å². The number of aromatic nitrogens is 1. The zero-order valence-electron chi connectivity index (χ0n) is 11.4. The first-order valence-electron chi connectivity index (χ1n) is 6.22. The van der Waals surface area contributed by atoms with Gasteiger partial charge in [0.15, 0.2) is 0 Å². The van der Waals surface area contributed by atoms with Crippen LogP contribution in [0.2, 0.25) is 0 Å². The number of esters is 1. The van der Waals surface area contributed by atoms with E-state index in [2.05, 4.69) is 26.5 Å². The van der Waals surface area contributed by atoms with Crippen LogP contribution in [0.25, 0.3) is 0 Å². The minimum absolute atomic E-state index is 0.160. The molecular weight excluding hydrogens is 274 g/mol. The number of anilines is 2. The van der Waals surface area contributed by atoms with E-state index >= 15 is 0 Å². The fraction of sp³-hybridized carbons (Fsp3) is 0.286. The van der Waals surface area contributed by atoms with Gasteiger partial charge in [-0.25, -0.2) is 9.78 Å². The van der Waals surface area contributed by atoms with Crippen LogP contribution in [-0.4, -0.2) is 24.1 Å². The maximum atomic E-state index is 11.6. The van der Waals surface area contributed by atoms with E-state index in [4.69, 9.17) is 5.73 Å². The van der Waals surface area contributed by atoms with Gasteiger partial charge in [0.25, 0.3) is 0 Å². The van der Waals surface area contributed by atoms with E-state index in [1.165, 1.54) is 12.7 Å². The lowest BCUT2D eigenvalue weighted by Crippen LogP contribution is -2.20. The number of pyridine rings is 1. The molecule has 0 aromatic carbocycles. The number of hydrogen-bond donors (Lipinski definition) is 2. The quantitative estimate of drug-likeness (QED) is 0.828. The highest BCUT2D eigenvalue weighted by Gasteiger charge is 2.15. The molecule has 106 valence electrons. The average molecular weight is 291 g/mol. The normalized spacial score (nSPS) is 11.9. The number of rotatable bonds is 5. The zero-order valence-corrected chi connectivity index (χ0v) is 12.2. The molecule has 2 aromatic heterocycles. The molecule has 0 bridgehead atoms. The number of nitrogens with two attached hydrogens (primary N) is 1. The van der Waals surface area contributed by atoms with Gasteiger partial charge in [-0.1, -0.05) is 0 Å². The van der Waals surface area contributed by atoms with Gasteiger partial charge in [0.1, 0.15) is 5.82 Å². The molecule has 20 heavy (non-hydrogen) atoms. The van der Waals surface area contributed by atoms with E-state index in [9.17, 15) is 4.79 Å². The number of hydrogen-bond acceptors (Lipinski definition) is 6. The highest BCUT2D eigenvalue weighted by atomic mass is 32.1. The third kappa shape index (κ3) is 3.27.